The summed E-state index contributed by atoms with van der Waals surface area (Å²) in [6.07, 6.45) is 1.52. The van der Waals surface area contributed by atoms with Gasteiger partial charge in [0.05, 0.1) is 0 Å². The summed E-state index contributed by atoms with van der Waals surface area (Å²) in [4.78, 5) is 25.4. The first kappa shape index (κ1) is 15.1. The Hall–Kier alpha value is -2.82. The summed E-state index contributed by atoms with van der Waals surface area (Å²) in [7, 11) is 0. The molecule has 118 valence electrons. The second-order valence-electron chi connectivity index (χ2n) is 5.49. The van der Waals surface area contributed by atoms with Crippen LogP contribution in [0.1, 0.15) is 18.4 Å². The molecule has 23 heavy (non-hydrogen) atoms. The van der Waals surface area contributed by atoms with E-state index in [0.29, 0.717) is 18.7 Å². The monoisotopic (exact) mass is 309 g/mol. The molecule has 1 aliphatic heterocycles. The second kappa shape index (κ2) is 6.96. The van der Waals surface area contributed by atoms with Crippen molar-refractivity contribution >= 4 is 23.3 Å². The van der Waals surface area contributed by atoms with Gasteiger partial charge in [-0.05, 0) is 36.2 Å². The maximum absolute atomic E-state index is 11.9. The molecule has 2 aromatic carbocycles. The van der Waals surface area contributed by atoms with Gasteiger partial charge >= 0.3 is 6.03 Å². The van der Waals surface area contributed by atoms with Crippen molar-refractivity contribution < 1.29 is 9.59 Å². The highest BCUT2D eigenvalue weighted by atomic mass is 16.2. The summed E-state index contributed by atoms with van der Waals surface area (Å²) in [6.45, 7) is 1.25. The molecule has 1 saturated heterocycles. The van der Waals surface area contributed by atoms with Crippen LogP contribution in [0.25, 0.3) is 0 Å². The Morgan fingerprint density at radius 2 is 1.78 bits per heavy atom. The van der Waals surface area contributed by atoms with Crippen LogP contribution in [0.15, 0.2) is 54.6 Å². The van der Waals surface area contributed by atoms with Crippen LogP contribution < -0.4 is 15.5 Å². The SMILES string of the molecule is O=C(NCc1ccccc1)Nc1ccc(N2CCCC2=O)cc1. The molecule has 0 spiro atoms. The lowest BCUT2D eigenvalue weighted by atomic mass is 10.2. The summed E-state index contributed by atoms with van der Waals surface area (Å²) in [5.41, 5.74) is 2.62. The van der Waals surface area contributed by atoms with Crippen LogP contribution in [-0.4, -0.2) is 18.5 Å². The Labute approximate surface area is 135 Å². The van der Waals surface area contributed by atoms with Crippen LogP contribution in [0.5, 0.6) is 0 Å². The molecule has 1 heterocycles. The Bertz CT molecular complexity index is 683. The molecule has 5 heteroatoms. The third-order valence-electron chi connectivity index (χ3n) is 3.81. The standard InChI is InChI=1S/C18H19N3O2/c22-17-7-4-12-21(17)16-10-8-15(9-11-16)20-18(23)19-13-14-5-2-1-3-6-14/h1-3,5-6,8-11H,4,7,12-13H2,(H2,19,20,23). The zero-order chi connectivity index (χ0) is 16.1. The van der Waals surface area contributed by atoms with E-state index in [1.165, 1.54) is 0 Å². The number of carbonyl (C=O) groups excluding carboxylic acids is 2. The van der Waals surface area contributed by atoms with Gasteiger partial charge < -0.3 is 15.5 Å². The molecule has 0 saturated carbocycles. The Kier molecular flexibility index (Phi) is 4.57. The molecular formula is C18H19N3O2. The lowest BCUT2D eigenvalue weighted by Crippen LogP contribution is -2.28. The van der Waals surface area contributed by atoms with E-state index in [1.807, 2.05) is 54.6 Å². The van der Waals surface area contributed by atoms with Crippen LogP contribution in [-0.2, 0) is 11.3 Å². The van der Waals surface area contributed by atoms with Crippen LogP contribution >= 0.6 is 0 Å². The van der Waals surface area contributed by atoms with Crippen molar-refractivity contribution in [1.82, 2.24) is 5.32 Å². The van der Waals surface area contributed by atoms with Crippen molar-refractivity contribution in [1.29, 1.82) is 0 Å². The highest BCUT2D eigenvalue weighted by molar-refractivity contribution is 5.96. The van der Waals surface area contributed by atoms with Crippen LogP contribution in [0, 0.1) is 0 Å². The van der Waals surface area contributed by atoms with E-state index in [1.54, 1.807) is 4.90 Å². The first-order valence-corrected chi connectivity index (χ1v) is 7.71. The van der Waals surface area contributed by atoms with Gasteiger partial charge in [0.2, 0.25) is 5.91 Å². The van der Waals surface area contributed by atoms with Gasteiger partial charge in [-0.15, -0.1) is 0 Å². The highest BCUT2D eigenvalue weighted by Crippen LogP contribution is 2.22. The van der Waals surface area contributed by atoms with Crippen molar-refractivity contribution in [2.24, 2.45) is 0 Å². The smallest absolute Gasteiger partial charge is 0.319 e. The number of carbonyl (C=O) groups is 2. The second-order valence-corrected chi connectivity index (χ2v) is 5.49. The van der Waals surface area contributed by atoms with Gasteiger partial charge in [-0.25, -0.2) is 4.79 Å². The summed E-state index contributed by atoms with van der Waals surface area (Å²) in [5, 5.41) is 5.60. The van der Waals surface area contributed by atoms with Gasteiger partial charge in [0, 0.05) is 30.9 Å². The number of nitrogens with zero attached hydrogens (tertiary/aromatic N) is 1. The van der Waals surface area contributed by atoms with E-state index in [2.05, 4.69) is 10.6 Å². The van der Waals surface area contributed by atoms with Crippen molar-refractivity contribution in [3.63, 3.8) is 0 Å². The Morgan fingerprint density at radius 3 is 2.43 bits per heavy atom. The fraction of sp³-hybridized carbons (Fsp3) is 0.222. The molecule has 1 fully saturated rings. The first-order valence-electron chi connectivity index (χ1n) is 7.71. The van der Waals surface area contributed by atoms with Gasteiger partial charge in [-0.2, -0.15) is 0 Å². The minimum atomic E-state index is -0.251. The van der Waals surface area contributed by atoms with E-state index >= 15 is 0 Å². The minimum Gasteiger partial charge on any atom is -0.334 e. The lowest BCUT2D eigenvalue weighted by Gasteiger charge is -2.16. The van der Waals surface area contributed by atoms with Crippen LogP contribution in [0.2, 0.25) is 0 Å². The van der Waals surface area contributed by atoms with Gasteiger partial charge in [0.15, 0.2) is 0 Å². The van der Waals surface area contributed by atoms with Crippen molar-refractivity contribution in [2.75, 3.05) is 16.8 Å². The Balaban J connectivity index is 1.53. The maximum Gasteiger partial charge on any atom is 0.319 e. The summed E-state index contributed by atoms with van der Waals surface area (Å²) in [6, 6.07) is 16.8. The van der Waals surface area contributed by atoms with Crippen molar-refractivity contribution in [3.05, 3.63) is 60.2 Å². The lowest BCUT2D eigenvalue weighted by molar-refractivity contribution is -0.117. The minimum absolute atomic E-state index is 0.159. The fourth-order valence-electron chi connectivity index (χ4n) is 2.60. The van der Waals surface area contributed by atoms with Gasteiger partial charge in [-0.3, -0.25) is 4.79 Å². The third kappa shape index (κ3) is 3.88. The van der Waals surface area contributed by atoms with Gasteiger partial charge in [0.1, 0.15) is 0 Å². The number of anilines is 2. The summed E-state index contributed by atoms with van der Waals surface area (Å²) < 4.78 is 0. The molecular weight excluding hydrogens is 290 g/mol. The normalized spacial score (nSPS) is 13.9. The predicted molar refractivity (Wildman–Crippen MR) is 90.3 cm³/mol. The van der Waals surface area contributed by atoms with E-state index < -0.39 is 0 Å². The predicted octanol–water partition coefficient (Wildman–Crippen LogP) is 3.14. The molecule has 0 radical (unpaired) electrons. The first-order chi connectivity index (χ1) is 11.2. The molecule has 0 unspecified atom stereocenters. The molecule has 0 aliphatic carbocycles. The quantitative estimate of drug-likeness (QED) is 0.911. The molecule has 0 aromatic heterocycles. The zero-order valence-electron chi connectivity index (χ0n) is 12.8. The number of hydrogen-bond acceptors (Lipinski definition) is 2. The topological polar surface area (TPSA) is 61.4 Å². The number of rotatable bonds is 4. The molecule has 0 bridgehead atoms. The number of amides is 3. The van der Waals surface area contributed by atoms with Gasteiger partial charge in [-0.1, -0.05) is 30.3 Å². The third-order valence-corrected chi connectivity index (χ3v) is 3.81. The van der Waals surface area contributed by atoms with E-state index in [9.17, 15) is 9.59 Å². The van der Waals surface area contributed by atoms with Gasteiger partial charge in [0.25, 0.3) is 0 Å². The fourth-order valence-corrected chi connectivity index (χ4v) is 2.60. The molecule has 0 atom stereocenters. The van der Waals surface area contributed by atoms with E-state index in [-0.39, 0.29) is 11.9 Å². The average molecular weight is 309 g/mol. The summed E-state index contributed by atoms with van der Waals surface area (Å²) >= 11 is 0. The largest absolute Gasteiger partial charge is 0.334 e. The highest BCUT2D eigenvalue weighted by Gasteiger charge is 2.21. The molecule has 3 rings (SSSR count). The number of urea groups is 1. The molecule has 5 nitrogen and oxygen atoms in total. The number of hydrogen-bond donors (Lipinski definition) is 2. The van der Waals surface area contributed by atoms with Crippen LogP contribution in [0.4, 0.5) is 16.2 Å². The Morgan fingerprint density at radius 1 is 1.04 bits per heavy atom. The molecule has 1 aliphatic rings. The number of benzene rings is 2. The maximum atomic E-state index is 11.9. The van der Waals surface area contributed by atoms with E-state index in [4.69, 9.17) is 0 Å². The van der Waals surface area contributed by atoms with Crippen molar-refractivity contribution in [2.45, 2.75) is 19.4 Å². The molecule has 3 amide bonds. The van der Waals surface area contributed by atoms with Crippen molar-refractivity contribution in [3.8, 4) is 0 Å². The average Bonchev–Trinajstić information content (AvgIpc) is 3.01. The number of nitrogens with one attached hydrogen (secondary N) is 2. The molecule has 2 N–H and O–H groups in total. The van der Waals surface area contributed by atoms with E-state index in [0.717, 1.165) is 24.2 Å². The van der Waals surface area contributed by atoms with Crippen LogP contribution in [0.3, 0.4) is 0 Å². The zero-order valence-corrected chi connectivity index (χ0v) is 12.8. The molecule has 2 aromatic rings. The summed E-state index contributed by atoms with van der Waals surface area (Å²) in [5.74, 6) is 0.159.